The second-order valence-electron chi connectivity index (χ2n) is 4.93. The van der Waals surface area contributed by atoms with E-state index in [1.165, 1.54) is 18.3 Å². The Bertz CT molecular complexity index is 603. The molecule has 8 heteroatoms. The minimum atomic E-state index is -3.85. The van der Waals surface area contributed by atoms with Gasteiger partial charge in [0.15, 0.2) is 5.69 Å². The number of nitrogens with zero attached hydrogens (tertiary/aromatic N) is 2. The molecule has 0 saturated heterocycles. The summed E-state index contributed by atoms with van der Waals surface area (Å²) in [7, 11) is -2.36. The number of carbonyl (C=O) groups is 1. The number of aromatic carboxylic acids is 1. The Labute approximate surface area is 111 Å². The summed E-state index contributed by atoms with van der Waals surface area (Å²) in [6, 6.07) is -0.138. The fraction of sp³-hybridized carbons (Fsp3) is 0.636. The zero-order valence-electron chi connectivity index (χ0n) is 11.0. The number of carboxylic acid groups (broad SMARTS) is 1. The average Bonchev–Trinajstić information content (AvgIpc) is 3.09. The fourth-order valence-electron chi connectivity index (χ4n) is 2.12. The lowest BCUT2D eigenvalue weighted by Gasteiger charge is -2.24. The van der Waals surface area contributed by atoms with Gasteiger partial charge in [-0.05, 0) is 32.6 Å². The third-order valence-corrected chi connectivity index (χ3v) is 5.71. The topological polar surface area (TPSA) is 103 Å². The lowest BCUT2D eigenvalue weighted by atomic mass is 10.2. The SMILES string of the molecule is Cc1[nH]nc(C(=O)O)c1S(=O)(=O)N(C)C(C)C1CC1. The molecule has 2 N–H and O–H groups in total. The smallest absolute Gasteiger partial charge is 0.357 e. The molecule has 0 aliphatic heterocycles. The Morgan fingerprint density at radius 1 is 1.53 bits per heavy atom. The zero-order valence-corrected chi connectivity index (χ0v) is 11.9. The first-order chi connectivity index (χ1) is 8.76. The summed E-state index contributed by atoms with van der Waals surface area (Å²) < 4.78 is 26.3. The van der Waals surface area contributed by atoms with Crippen molar-refractivity contribution in [2.24, 2.45) is 5.92 Å². The maximum atomic E-state index is 12.5. The van der Waals surface area contributed by atoms with Crippen LogP contribution in [0.15, 0.2) is 4.90 Å². The van der Waals surface area contributed by atoms with E-state index in [1.54, 1.807) is 0 Å². The van der Waals surface area contributed by atoms with Gasteiger partial charge < -0.3 is 5.11 Å². The summed E-state index contributed by atoms with van der Waals surface area (Å²) in [5.41, 5.74) is -0.209. The van der Waals surface area contributed by atoms with Gasteiger partial charge in [0.2, 0.25) is 10.0 Å². The molecule has 106 valence electrons. The van der Waals surface area contributed by atoms with Crippen molar-refractivity contribution in [1.82, 2.24) is 14.5 Å². The number of aromatic amines is 1. The Balaban J connectivity index is 2.44. The van der Waals surface area contributed by atoms with E-state index in [1.807, 2.05) is 6.92 Å². The van der Waals surface area contributed by atoms with Crippen LogP contribution in [0.1, 0.15) is 35.9 Å². The molecule has 1 heterocycles. The van der Waals surface area contributed by atoms with E-state index < -0.39 is 21.7 Å². The maximum Gasteiger partial charge on any atom is 0.357 e. The van der Waals surface area contributed by atoms with Crippen LogP contribution in [-0.4, -0.2) is 47.1 Å². The summed E-state index contributed by atoms with van der Waals surface area (Å²) in [5, 5.41) is 15.0. The molecule has 0 spiro atoms. The predicted octanol–water partition coefficient (Wildman–Crippen LogP) is 0.835. The third-order valence-electron chi connectivity index (χ3n) is 3.61. The van der Waals surface area contributed by atoms with Crippen LogP contribution >= 0.6 is 0 Å². The summed E-state index contributed by atoms with van der Waals surface area (Å²) in [4.78, 5) is 10.8. The molecule has 7 nitrogen and oxygen atoms in total. The van der Waals surface area contributed by atoms with Crippen LogP contribution in [-0.2, 0) is 10.0 Å². The van der Waals surface area contributed by atoms with Gasteiger partial charge in [0, 0.05) is 13.1 Å². The highest BCUT2D eigenvalue weighted by Gasteiger charge is 2.39. The molecule has 1 aliphatic rings. The van der Waals surface area contributed by atoms with Gasteiger partial charge in [0.05, 0.1) is 5.69 Å². The van der Waals surface area contributed by atoms with E-state index in [0.29, 0.717) is 5.92 Å². The molecule has 1 aromatic rings. The summed E-state index contributed by atoms with van der Waals surface area (Å²) in [6.45, 7) is 3.34. The molecule has 0 bridgehead atoms. The quantitative estimate of drug-likeness (QED) is 0.835. The van der Waals surface area contributed by atoms with Crippen molar-refractivity contribution in [3.63, 3.8) is 0 Å². The first-order valence-corrected chi connectivity index (χ1v) is 7.47. The molecule has 2 rings (SSSR count). The number of rotatable bonds is 5. The van der Waals surface area contributed by atoms with Crippen LogP contribution in [0.3, 0.4) is 0 Å². The van der Waals surface area contributed by atoms with Gasteiger partial charge in [-0.25, -0.2) is 13.2 Å². The molecule has 0 aromatic carbocycles. The van der Waals surface area contributed by atoms with Crippen LogP contribution in [0.25, 0.3) is 0 Å². The Morgan fingerprint density at radius 2 is 2.11 bits per heavy atom. The number of carboxylic acids is 1. The lowest BCUT2D eigenvalue weighted by molar-refractivity contribution is 0.0686. The molecule has 1 unspecified atom stereocenters. The molecule has 1 saturated carbocycles. The van der Waals surface area contributed by atoms with Gasteiger partial charge in [-0.1, -0.05) is 0 Å². The van der Waals surface area contributed by atoms with E-state index in [4.69, 9.17) is 5.11 Å². The normalized spacial score (nSPS) is 17.7. The van der Waals surface area contributed by atoms with Gasteiger partial charge in [-0.3, -0.25) is 5.10 Å². The molecule has 1 aliphatic carbocycles. The lowest BCUT2D eigenvalue weighted by Crippen LogP contribution is -2.37. The van der Waals surface area contributed by atoms with E-state index >= 15 is 0 Å². The monoisotopic (exact) mass is 287 g/mol. The molecule has 0 radical (unpaired) electrons. The maximum absolute atomic E-state index is 12.5. The number of H-pyrrole nitrogens is 1. The van der Waals surface area contributed by atoms with Crippen molar-refractivity contribution in [3.05, 3.63) is 11.4 Å². The second kappa shape index (κ2) is 4.61. The highest BCUT2D eigenvalue weighted by atomic mass is 32.2. The predicted molar refractivity (Wildman–Crippen MR) is 67.4 cm³/mol. The molecular formula is C11H17N3O4S. The summed E-state index contributed by atoms with van der Waals surface area (Å²) in [6.07, 6.45) is 2.02. The molecule has 0 amide bonds. The van der Waals surface area contributed by atoms with Crippen LogP contribution < -0.4 is 0 Å². The second-order valence-corrected chi connectivity index (χ2v) is 6.87. The van der Waals surface area contributed by atoms with Crippen molar-refractivity contribution >= 4 is 16.0 Å². The highest BCUT2D eigenvalue weighted by molar-refractivity contribution is 7.89. The molecular weight excluding hydrogens is 270 g/mol. The molecule has 19 heavy (non-hydrogen) atoms. The number of aryl methyl sites for hydroxylation is 1. The Morgan fingerprint density at radius 3 is 2.58 bits per heavy atom. The van der Waals surface area contributed by atoms with Crippen molar-refractivity contribution < 1.29 is 18.3 Å². The van der Waals surface area contributed by atoms with E-state index in [-0.39, 0.29) is 16.6 Å². The van der Waals surface area contributed by atoms with Crippen molar-refractivity contribution in [2.45, 2.75) is 37.6 Å². The van der Waals surface area contributed by atoms with Crippen LogP contribution in [0.5, 0.6) is 0 Å². The first-order valence-electron chi connectivity index (χ1n) is 6.03. The minimum absolute atomic E-state index is 0.138. The standard InChI is InChI=1S/C11H17N3O4S/c1-6-10(9(11(15)16)13-12-6)19(17,18)14(3)7(2)8-4-5-8/h7-8H,4-5H2,1-3H3,(H,12,13)(H,15,16). The van der Waals surface area contributed by atoms with Crippen molar-refractivity contribution in [2.75, 3.05) is 7.05 Å². The van der Waals surface area contributed by atoms with Crippen molar-refractivity contribution in [3.8, 4) is 0 Å². The number of nitrogens with one attached hydrogen (secondary N) is 1. The molecule has 1 fully saturated rings. The first kappa shape index (κ1) is 14.0. The molecule has 1 atom stereocenters. The average molecular weight is 287 g/mol. The number of hydrogen-bond donors (Lipinski definition) is 2. The number of hydrogen-bond acceptors (Lipinski definition) is 4. The number of sulfonamides is 1. The fourth-order valence-corrected chi connectivity index (χ4v) is 3.83. The van der Waals surface area contributed by atoms with Gasteiger partial charge in [0.25, 0.3) is 0 Å². The molecule has 1 aromatic heterocycles. The van der Waals surface area contributed by atoms with Gasteiger partial charge in [-0.2, -0.15) is 9.40 Å². The number of aromatic nitrogens is 2. The third kappa shape index (κ3) is 2.37. The van der Waals surface area contributed by atoms with Gasteiger partial charge >= 0.3 is 5.97 Å². The van der Waals surface area contributed by atoms with E-state index in [2.05, 4.69) is 10.2 Å². The Hall–Kier alpha value is -1.41. The summed E-state index contributed by atoms with van der Waals surface area (Å²) >= 11 is 0. The van der Waals surface area contributed by atoms with Crippen LogP contribution in [0.4, 0.5) is 0 Å². The minimum Gasteiger partial charge on any atom is -0.476 e. The van der Waals surface area contributed by atoms with Crippen molar-refractivity contribution in [1.29, 1.82) is 0 Å². The van der Waals surface area contributed by atoms with E-state index in [9.17, 15) is 13.2 Å². The van der Waals surface area contributed by atoms with Gasteiger partial charge in [-0.15, -0.1) is 0 Å². The van der Waals surface area contributed by atoms with E-state index in [0.717, 1.165) is 12.8 Å². The Kier molecular flexibility index (Phi) is 3.40. The zero-order chi connectivity index (χ0) is 14.4. The van der Waals surface area contributed by atoms with Crippen LogP contribution in [0, 0.1) is 12.8 Å². The summed E-state index contributed by atoms with van der Waals surface area (Å²) in [5.74, 6) is -0.990. The van der Waals surface area contributed by atoms with Gasteiger partial charge in [0.1, 0.15) is 4.90 Å². The van der Waals surface area contributed by atoms with Crippen LogP contribution in [0.2, 0.25) is 0 Å². The highest BCUT2D eigenvalue weighted by Crippen LogP contribution is 2.36. The largest absolute Gasteiger partial charge is 0.476 e.